The molecule has 10 nitrogen and oxygen atoms in total. The first-order chi connectivity index (χ1) is 23.6. The van der Waals surface area contributed by atoms with Crippen molar-refractivity contribution in [2.75, 3.05) is 37.9 Å². The van der Waals surface area contributed by atoms with Gasteiger partial charge >= 0.3 is 6.18 Å². The van der Waals surface area contributed by atoms with Crippen LogP contribution in [0.2, 0.25) is 0 Å². The number of ether oxygens (including phenoxy) is 1. The standard InChI is InChI=1S/C36H34F3N7O3/c1-49-19-16-30(47)45-18-5-8-26(22-45)34-44-31(32-33(40)42-21-28(46(32)34)14-9-23-6-3-2-4-7-23)24-10-12-25(13-11-24)35(48)43-29-20-27(15-17-41-29)36(37,38)39/h2-4,6-7,9-15,17,20-21,26H,5,8,16,18-19,22H2,1H3,(H2,40,42)(H,41,43,48)/b14-9+/t26-/m1/s1. The van der Waals surface area contributed by atoms with Crippen molar-refractivity contribution in [1.29, 1.82) is 0 Å². The molecule has 2 aromatic carbocycles. The van der Waals surface area contributed by atoms with E-state index in [1.54, 1.807) is 37.6 Å². The molecule has 4 heterocycles. The molecule has 0 saturated carbocycles. The summed E-state index contributed by atoms with van der Waals surface area (Å²) in [6.07, 6.45) is 3.94. The number of nitrogens with zero attached hydrogens (tertiary/aromatic N) is 5. The Morgan fingerprint density at radius 1 is 1.06 bits per heavy atom. The Balaban J connectivity index is 1.37. The Kier molecular flexibility index (Phi) is 9.72. The minimum Gasteiger partial charge on any atom is -0.384 e. The van der Waals surface area contributed by atoms with Crippen LogP contribution < -0.4 is 11.1 Å². The summed E-state index contributed by atoms with van der Waals surface area (Å²) in [5.74, 6) is 0.0688. The summed E-state index contributed by atoms with van der Waals surface area (Å²) < 4.78 is 46.6. The lowest BCUT2D eigenvalue weighted by Crippen LogP contribution is -2.40. The third-order valence-electron chi connectivity index (χ3n) is 8.39. The number of pyridine rings is 1. The molecule has 252 valence electrons. The maximum Gasteiger partial charge on any atom is 0.416 e. The molecule has 0 radical (unpaired) electrons. The van der Waals surface area contributed by atoms with Gasteiger partial charge in [-0.3, -0.25) is 14.0 Å². The van der Waals surface area contributed by atoms with Crippen LogP contribution in [0.1, 0.15) is 58.2 Å². The number of amides is 2. The third-order valence-corrected chi connectivity index (χ3v) is 8.39. The lowest BCUT2D eigenvalue weighted by atomic mass is 9.96. The second kappa shape index (κ2) is 14.3. The third kappa shape index (κ3) is 7.46. The fourth-order valence-corrected chi connectivity index (χ4v) is 5.93. The molecule has 0 bridgehead atoms. The summed E-state index contributed by atoms with van der Waals surface area (Å²) in [7, 11) is 1.57. The molecule has 1 aliphatic heterocycles. The summed E-state index contributed by atoms with van der Waals surface area (Å²) in [6, 6.07) is 18.0. The summed E-state index contributed by atoms with van der Waals surface area (Å²) in [5.41, 5.74) is 9.34. The van der Waals surface area contributed by atoms with E-state index >= 15 is 0 Å². The van der Waals surface area contributed by atoms with Crippen molar-refractivity contribution in [3.8, 4) is 11.3 Å². The molecule has 0 spiro atoms. The van der Waals surface area contributed by atoms with Crippen LogP contribution in [0.15, 0.2) is 79.1 Å². The van der Waals surface area contributed by atoms with E-state index in [2.05, 4.69) is 15.3 Å². The van der Waals surface area contributed by atoms with Gasteiger partial charge in [-0.25, -0.2) is 15.0 Å². The fourth-order valence-electron chi connectivity index (χ4n) is 5.93. The molecule has 1 saturated heterocycles. The van der Waals surface area contributed by atoms with Gasteiger partial charge < -0.3 is 20.7 Å². The van der Waals surface area contributed by atoms with Gasteiger partial charge in [0.05, 0.1) is 30.5 Å². The van der Waals surface area contributed by atoms with Crippen molar-refractivity contribution < 1.29 is 27.5 Å². The van der Waals surface area contributed by atoms with Gasteiger partial charge in [0.15, 0.2) is 0 Å². The highest BCUT2D eigenvalue weighted by Crippen LogP contribution is 2.36. The van der Waals surface area contributed by atoms with E-state index in [0.29, 0.717) is 42.9 Å². The number of nitrogens with two attached hydrogens (primary N) is 1. The molecular weight excluding hydrogens is 635 g/mol. The van der Waals surface area contributed by atoms with Crippen molar-refractivity contribution in [2.24, 2.45) is 0 Å². The topological polar surface area (TPSA) is 128 Å². The average molecular weight is 670 g/mol. The zero-order chi connectivity index (χ0) is 34.5. The number of carbonyl (C=O) groups is 2. The molecule has 6 rings (SSSR count). The number of piperidine rings is 1. The van der Waals surface area contributed by atoms with E-state index in [-0.39, 0.29) is 29.0 Å². The lowest BCUT2D eigenvalue weighted by molar-refractivity contribution is -0.137. The maximum atomic E-state index is 13.2. The number of hydrogen-bond donors (Lipinski definition) is 2. The molecule has 3 N–H and O–H groups in total. The smallest absolute Gasteiger partial charge is 0.384 e. The molecule has 13 heteroatoms. The molecule has 1 atom stereocenters. The van der Waals surface area contributed by atoms with E-state index in [4.69, 9.17) is 15.5 Å². The normalized spacial score (nSPS) is 15.2. The van der Waals surface area contributed by atoms with Crippen LogP contribution in [-0.2, 0) is 15.7 Å². The SMILES string of the molecule is COCCC(=O)N1CCC[C@@H](c2nc(-c3ccc(C(=O)Nc4cc(C(F)(F)F)ccn4)cc3)c3c(N)ncc(/C=C/c4ccccc4)n23)C1. The molecule has 0 aliphatic carbocycles. The first-order valence-electron chi connectivity index (χ1n) is 15.7. The summed E-state index contributed by atoms with van der Waals surface area (Å²) >= 11 is 0. The summed E-state index contributed by atoms with van der Waals surface area (Å²) in [6.45, 7) is 1.48. The van der Waals surface area contributed by atoms with Crippen LogP contribution in [0, 0.1) is 0 Å². The Labute approximate surface area is 280 Å². The number of imidazole rings is 1. The molecule has 1 aliphatic rings. The molecule has 3 aromatic heterocycles. The highest BCUT2D eigenvalue weighted by Gasteiger charge is 2.32. The Morgan fingerprint density at radius 3 is 2.57 bits per heavy atom. The fraction of sp³-hybridized carbons (Fsp3) is 0.250. The number of aromatic nitrogens is 4. The number of nitrogen functional groups attached to an aromatic ring is 1. The molecule has 5 aromatic rings. The van der Waals surface area contributed by atoms with Gasteiger partial charge in [0, 0.05) is 43.4 Å². The van der Waals surface area contributed by atoms with Crippen molar-refractivity contribution in [3.63, 3.8) is 0 Å². The Morgan fingerprint density at radius 2 is 1.84 bits per heavy atom. The van der Waals surface area contributed by atoms with Gasteiger partial charge in [-0.15, -0.1) is 0 Å². The Hall–Kier alpha value is -5.56. The summed E-state index contributed by atoms with van der Waals surface area (Å²) in [5, 5.41) is 2.43. The number of hydrogen-bond acceptors (Lipinski definition) is 7. The largest absolute Gasteiger partial charge is 0.416 e. The summed E-state index contributed by atoms with van der Waals surface area (Å²) in [4.78, 5) is 41.2. The minimum atomic E-state index is -4.57. The highest BCUT2D eigenvalue weighted by atomic mass is 19.4. The number of fused-ring (bicyclic) bond motifs is 1. The predicted octanol–water partition coefficient (Wildman–Crippen LogP) is 6.56. The van der Waals surface area contributed by atoms with Gasteiger partial charge in [0.2, 0.25) is 5.91 Å². The van der Waals surface area contributed by atoms with Gasteiger partial charge in [-0.1, -0.05) is 48.5 Å². The number of carbonyl (C=O) groups excluding carboxylic acids is 2. The molecule has 2 amide bonds. The number of nitrogens with one attached hydrogen (secondary N) is 1. The van der Waals surface area contributed by atoms with Crippen LogP contribution in [-0.4, -0.2) is 62.9 Å². The highest BCUT2D eigenvalue weighted by molar-refractivity contribution is 6.04. The number of alkyl halides is 3. The van der Waals surface area contributed by atoms with Crippen LogP contribution in [0.3, 0.4) is 0 Å². The number of halogens is 3. The molecule has 49 heavy (non-hydrogen) atoms. The monoisotopic (exact) mass is 669 g/mol. The lowest BCUT2D eigenvalue weighted by Gasteiger charge is -2.32. The number of anilines is 2. The van der Waals surface area contributed by atoms with Crippen molar-refractivity contribution in [2.45, 2.75) is 31.4 Å². The van der Waals surface area contributed by atoms with Crippen LogP contribution in [0.25, 0.3) is 28.9 Å². The van der Waals surface area contributed by atoms with Crippen molar-refractivity contribution >= 4 is 41.1 Å². The van der Waals surface area contributed by atoms with Crippen molar-refractivity contribution in [1.82, 2.24) is 24.3 Å². The second-order valence-corrected chi connectivity index (χ2v) is 11.7. The van der Waals surface area contributed by atoms with E-state index in [9.17, 15) is 22.8 Å². The molecule has 0 unspecified atom stereocenters. The maximum absolute atomic E-state index is 13.2. The van der Waals surface area contributed by atoms with E-state index in [1.807, 2.05) is 51.8 Å². The van der Waals surface area contributed by atoms with Crippen molar-refractivity contribution in [3.05, 3.63) is 107 Å². The number of benzene rings is 2. The number of rotatable bonds is 9. The van der Waals surface area contributed by atoms with E-state index < -0.39 is 17.6 Å². The van der Waals surface area contributed by atoms with E-state index in [1.165, 1.54) is 0 Å². The Bertz CT molecular complexity index is 1990. The van der Waals surface area contributed by atoms with Crippen LogP contribution in [0.5, 0.6) is 0 Å². The van der Waals surface area contributed by atoms with Gasteiger partial charge in [-0.2, -0.15) is 13.2 Å². The predicted molar refractivity (Wildman–Crippen MR) is 180 cm³/mol. The first kappa shape index (κ1) is 33.3. The number of methoxy groups -OCH3 is 1. The zero-order valence-electron chi connectivity index (χ0n) is 26.7. The average Bonchev–Trinajstić information content (AvgIpc) is 3.52. The number of likely N-dealkylation sites (tertiary alicyclic amines) is 1. The molecule has 1 fully saturated rings. The zero-order valence-corrected chi connectivity index (χ0v) is 26.7. The molecular formula is C36H34F3N7O3. The second-order valence-electron chi connectivity index (χ2n) is 11.7. The van der Waals surface area contributed by atoms with Gasteiger partial charge in [0.25, 0.3) is 5.91 Å². The van der Waals surface area contributed by atoms with Gasteiger partial charge in [-0.05, 0) is 48.7 Å². The first-order valence-corrected chi connectivity index (χ1v) is 15.7. The quantitative estimate of drug-likeness (QED) is 0.182. The van der Waals surface area contributed by atoms with Crippen LogP contribution >= 0.6 is 0 Å². The van der Waals surface area contributed by atoms with Gasteiger partial charge in [0.1, 0.15) is 28.7 Å². The minimum absolute atomic E-state index is 0.0206. The van der Waals surface area contributed by atoms with Crippen LogP contribution in [0.4, 0.5) is 24.8 Å². The van der Waals surface area contributed by atoms with E-state index in [0.717, 1.165) is 48.3 Å².